The Kier molecular flexibility index (Phi) is 5.36. The average Bonchev–Trinajstić information content (AvgIpc) is 3.34. The molecule has 1 saturated heterocycles. The minimum absolute atomic E-state index is 0.358. The highest BCUT2D eigenvalue weighted by Gasteiger charge is 2.20. The number of piperazine rings is 1. The van der Waals surface area contributed by atoms with E-state index in [1.165, 1.54) is 6.26 Å². The lowest BCUT2D eigenvalue weighted by Crippen LogP contribution is -2.46. The Labute approximate surface area is 186 Å². The quantitative estimate of drug-likeness (QED) is 0.502. The molecular formula is C23H24N6O2S. The minimum Gasteiger partial charge on any atom is -0.353 e. The van der Waals surface area contributed by atoms with Crippen LogP contribution in [0, 0.1) is 0 Å². The van der Waals surface area contributed by atoms with E-state index in [-0.39, 0.29) is 0 Å². The maximum absolute atomic E-state index is 11.7. The second-order valence-corrected chi connectivity index (χ2v) is 10.1. The largest absolute Gasteiger partial charge is 0.353 e. The summed E-state index contributed by atoms with van der Waals surface area (Å²) in [5.74, 6) is 0.956. The molecule has 0 spiro atoms. The van der Waals surface area contributed by atoms with Crippen LogP contribution in [0.3, 0.4) is 0 Å². The Morgan fingerprint density at radius 2 is 1.75 bits per heavy atom. The summed E-state index contributed by atoms with van der Waals surface area (Å²) < 4.78 is 23.3. The number of hydrogen-bond acceptors (Lipinski definition) is 7. The van der Waals surface area contributed by atoms with Gasteiger partial charge >= 0.3 is 0 Å². The van der Waals surface area contributed by atoms with Gasteiger partial charge in [0.15, 0.2) is 9.84 Å². The lowest BCUT2D eigenvalue weighted by Gasteiger charge is -2.35. The number of aromatic amines is 1. The van der Waals surface area contributed by atoms with Crippen LogP contribution >= 0.6 is 0 Å². The first-order valence-corrected chi connectivity index (χ1v) is 12.4. The normalized spacial score (nSPS) is 15.3. The van der Waals surface area contributed by atoms with Crippen LogP contribution in [0.15, 0.2) is 66.1 Å². The molecule has 0 unspecified atom stereocenters. The molecule has 3 heterocycles. The van der Waals surface area contributed by atoms with Gasteiger partial charge in [-0.15, -0.1) is 0 Å². The van der Waals surface area contributed by atoms with Gasteiger partial charge in [0.25, 0.3) is 0 Å². The second kappa shape index (κ2) is 8.33. The molecule has 1 N–H and O–H groups in total. The highest BCUT2D eigenvalue weighted by molar-refractivity contribution is 7.90. The number of hydrogen-bond donors (Lipinski definition) is 1. The molecule has 1 fully saturated rings. The molecule has 1 aliphatic heterocycles. The molecule has 0 saturated carbocycles. The molecule has 32 heavy (non-hydrogen) atoms. The molecule has 8 nitrogen and oxygen atoms in total. The van der Waals surface area contributed by atoms with Crippen molar-refractivity contribution in [2.24, 2.45) is 0 Å². The van der Waals surface area contributed by atoms with Crippen molar-refractivity contribution in [3.05, 3.63) is 66.7 Å². The van der Waals surface area contributed by atoms with Crippen molar-refractivity contribution in [1.29, 1.82) is 0 Å². The zero-order valence-electron chi connectivity index (χ0n) is 17.8. The number of aromatic nitrogens is 4. The minimum atomic E-state index is -3.16. The molecule has 2 aromatic carbocycles. The second-order valence-electron chi connectivity index (χ2n) is 8.10. The van der Waals surface area contributed by atoms with E-state index in [4.69, 9.17) is 0 Å². The summed E-state index contributed by atoms with van der Waals surface area (Å²) in [6.45, 7) is 4.33. The molecule has 0 bridgehead atoms. The molecule has 0 amide bonds. The number of sulfone groups is 1. The van der Waals surface area contributed by atoms with Crippen molar-refractivity contribution in [3.8, 4) is 11.1 Å². The Bertz CT molecular complexity index is 1330. The van der Waals surface area contributed by atoms with Crippen LogP contribution in [0.2, 0.25) is 0 Å². The number of nitrogens with one attached hydrogen (secondary N) is 1. The van der Waals surface area contributed by atoms with Crippen LogP contribution in [0.1, 0.15) is 5.56 Å². The third kappa shape index (κ3) is 4.21. The topological polar surface area (TPSA) is 95.1 Å². The maximum atomic E-state index is 11.7. The van der Waals surface area contributed by atoms with Crippen LogP contribution in [0.5, 0.6) is 0 Å². The van der Waals surface area contributed by atoms with Gasteiger partial charge in [0.1, 0.15) is 12.1 Å². The van der Waals surface area contributed by atoms with E-state index in [1.807, 2.05) is 30.6 Å². The van der Waals surface area contributed by atoms with Crippen LogP contribution < -0.4 is 4.90 Å². The Morgan fingerprint density at radius 1 is 0.969 bits per heavy atom. The predicted octanol–water partition coefficient (Wildman–Crippen LogP) is 2.75. The summed E-state index contributed by atoms with van der Waals surface area (Å²) in [6.07, 6.45) is 6.55. The van der Waals surface area contributed by atoms with Crippen molar-refractivity contribution < 1.29 is 8.42 Å². The molecule has 1 aliphatic rings. The molecule has 0 aliphatic carbocycles. The van der Waals surface area contributed by atoms with Gasteiger partial charge in [-0.2, -0.15) is 5.10 Å². The maximum Gasteiger partial charge on any atom is 0.175 e. The van der Waals surface area contributed by atoms with E-state index in [9.17, 15) is 8.42 Å². The summed E-state index contributed by atoms with van der Waals surface area (Å²) in [4.78, 5) is 14.1. The van der Waals surface area contributed by atoms with Crippen molar-refractivity contribution in [1.82, 2.24) is 25.1 Å². The fourth-order valence-corrected chi connectivity index (χ4v) is 4.73. The third-order valence-electron chi connectivity index (χ3n) is 5.88. The zero-order valence-corrected chi connectivity index (χ0v) is 18.6. The summed E-state index contributed by atoms with van der Waals surface area (Å²) in [5, 5.41) is 7.95. The van der Waals surface area contributed by atoms with E-state index >= 15 is 0 Å². The fourth-order valence-electron chi connectivity index (χ4n) is 4.10. The highest BCUT2D eigenvalue weighted by atomic mass is 32.2. The van der Waals surface area contributed by atoms with E-state index in [0.717, 1.165) is 66.1 Å². The molecule has 4 aromatic rings. The van der Waals surface area contributed by atoms with Crippen molar-refractivity contribution in [2.75, 3.05) is 37.3 Å². The summed E-state index contributed by atoms with van der Waals surface area (Å²) in [6, 6.07) is 13.4. The smallest absolute Gasteiger partial charge is 0.175 e. The van der Waals surface area contributed by atoms with Crippen LogP contribution in [0.25, 0.3) is 22.0 Å². The molecule has 0 atom stereocenters. The number of H-pyrrole nitrogens is 1. The van der Waals surface area contributed by atoms with Crippen molar-refractivity contribution >= 4 is 26.6 Å². The van der Waals surface area contributed by atoms with E-state index < -0.39 is 9.84 Å². The average molecular weight is 449 g/mol. The van der Waals surface area contributed by atoms with Gasteiger partial charge in [0.05, 0.1) is 16.6 Å². The molecular weight excluding hydrogens is 424 g/mol. The van der Waals surface area contributed by atoms with Crippen LogP contribution in [-0.4, -0.2) is 65.9 Å². The Hall–Kier alpha value is -3.30. The predicted molar refractivity (Wildman–Crippen MR) is 124 cm³/mol. The highest BCUT2D eigenvalue weighted by Crippen LogP contribution is 2.29. The lowest BCUT2D eigenvalue weighted by molar-refractivity contribution is 0.249. The summed E-state index contributed by atoms with van der Waals surface area (Å²) in [5.41, 5.74) is 4.16. The zero-order chi connectivity index (χ0) is 22.1. The molecule has 2 aromatic heterocycles. The van der Waals surface area contributed by atoms with Gasteiger partial charge in [0, 0.05) is 56.1 Å². The van der Waals surface area contributed by atoms with Crippen LogP contribution in [-0.2, 0) is 16.4 Å². The standard InChI is InChI=1S/C23H24N6O2S/c1-32(30,31)20-5-2-17(3-6-20)15-28-8-10-29(11-9-28)23-21-12-18(19-13-26-27-14-19)4-7-22(21)24-16-25-23/h2-7,12-14,16H,8-11,15H2,1H3,(H,26,27). The van der Waals surface area contributed by atoms with Crippen molar-refractivity contribution in [2.45, 2.75) is 11.4 Å². The first-order valence-electron chi connectivity index (χ1n) is 10.5. The van der Waals surface area contributed by atoms with E-state index in [2.05, 4.69) is 42.1 Å². The SMILES string of the molecule is CS(=O)(=O)c1ccc(CN2CCN(c3ncnc4ccc(-c5cn[nH]c5)cc34)CC2)cc1. The number of anilines is 1. The van der Waals surface area contributed by atoms with Gasteiger partial charge in [-0.05, 0) is 35.4 Å². The molecule has 0 radical (unpaired) electrons. The molecule has 164 valence electrons. The summed E-state index contributed by atoms with van der Waals surface area (Å²) in [7, 11) is -3.16. The number of rotatable bonds is 5. The first-order chi connectivity index (χ1) is 15.5. The van der Waals surface area contributed by atoms with E-state index in [1.54, 1.807) is 18.5 Å². The fraction of sp³-hybridized carbons (Fsp3) is 0.261. The van der Waals surface area contributed by atoms with Crippen LogP contribution in [0.4, 0.5) is 5.82 Å². The molecule has 5 rings (SSSR count). The first kappa shape index (κ1) is 20.6. The number of benzene rings is 2. The third-order valence-corrected chi connectivity index (χ3v) is 7.00. The number of fused-ring (bicyclic) bond motifs is 1. The van der Waals surface area contributed by atoms with E-state index in [0.29, 0.717) is 4.90 Å². The van der Waals surface area contributed by atoms with Gasteiger partial charge in [-0.25, -0.2) is 18.4 Å². The molecule has 9 heteroatoms. The van der Waals surface area contributed by atoms with Gasteiger partial charge < -0.3 is 4.90 Å². The van der Waals surface area contributed by atoms with Crippen molar-refractivity contribution in [3.63, 3.8) is 0 Å². The number of nitrogens with zero attached hydrogens (tertiary/aromatic N) is 5. The van der Waals surface area contributed by atoms with Gasteiger partial charge in [-0.3, -0.25) is 10.00 Å². The van der Waals surface area contributed by atoms with Gasteiger partial charge in [-0.1, -0.05) is 18.2 Å². The van der Waals surface area contributed by atoms with Gasteiger partial charge in [0.2, 0.25) is 0 Å². The summed E-state index contributed by atoms with van der Waals surface area (Å²) >= 11 is 0. The lowest BCUT2D eigenvalue weighted by atomic mass is 10.1. The Balaban J connectivity index is 1.30. The monoisotopic (exact) mass is 448 g/mol. The Morgan fingerprint density at radius 3 is 2.44 bits per heavy atom.